The molecule has 0 bridgehead atoms. The van der Waals surface area contributed by atoms with Gasteiger partial charge >= 0.3 is 0 Å². The Kier molecular flexibility index (Phi) is 6.60. The van der Waals surface area contributed by atoms with Crippen molar-refractivity contribution in [2.45, 2.75) is 43.1 Å². The van der Waals surface area contributed by atoms with E-state index in [9.17, 15) is 5.11 Å². The van der Waals surface area contributed by atoms with Gasteiger partial charge in [-0.05, 0) is 53.3 Å². The third-order valence-corrected chi connectivity index (χ3v) is 6.98. The summed E-state index contributed by atoms with van der Waals surface area (Å²) in [6.45, 7) is 6.33. The number of rotatable bonds is 6. The van der Waals surface area contributed by atoms with Crippen LogP contribution in [0.2, 0.25) is 0 Å². The number of nitrogens with zero attached hydrogens (tertiary/aromatic N) is 3. The van der Waals surface area contributed by atoms with Gasteiger partial charge in [0, 0.05) is 35.8 Å². The zero-order chi connectivity index (χ0) is 21.8. The third kappa shape index (κ3) is 4.76. The van der Waals surface area contributed by atoms with E-state index in [4.69, 9.17) is 5.26 Å². The molecule has 1 aromatic heterocycles. The van der Waals surface area contributed by atoms with E-state index in [1.54, 1.807) is 18.0 Å². The molecule has 1 aliphatic rings. The summed E-state index contributed by atoms with van der Waals surface area (Å²) in [7, 11) is 0. The molecular weight excluding hydrogens is 402 g/mol. The SMILES string of the molecule is CC(C)c1ccccc1-c1ccc(N2CC[C@H](Sc3ccc(C#N)cn3)C2)c(CO)c1. The highest BCUT2D eigenvalue weighted by atomic mass is 32.2. The summed E-state index contributed by atoms with van der Waals surface area (Å²) in [5.74, 6) is 0.445. The summed E-state index contributed by atoms with van der Waals surface area (Å²) in [6.07, 6.45) is 2.70. The van der Waals surface area contributed by atoms with Crippen LogP contribution < -0.4 is 4.90 Å². The largest absolute Gasteiger partial charge is 0.392 e. The maximum atomic E-state index is 10.1. The van der Waals surface area contributed by atoms with E-state index in [1.807, 2.05) is 12.1 Å². The van der Waals surface area contributed by atoms with Crippen molar-refractivity contribution in [3.63, 3.8) is 0 Å². The molecule has 3 aromatic rings. The fourth-order valence-corrected chi connectivity index (χ4v) is 5.26. The van der Waals surface area contributed by atoms with Gasteiger partial charge in [0.05, 0.1) is 17.2 Å². The number of thioether (sulfide) groups is 1. The molecule has 2 heterocycles. The van der Waals surface area contributed by atoms with E-state index in [2.05, 4.69) is 72.3 Å². The Morgan fingerprint density at radius 2 is 2.03 bits per heavy atom. The topological polar surface area (TPSA) is 60.2 Å². The Morgan fingerprint density at radius 1 is 1.19 bits per heavy atom. The van der Waals surface area contributed by atoms with Gasteiger partial charge in [0.15, 0.2) is 0 Å². The van der Waals surface area contributed by atoms with Crippen LogP contribution in [0, 0.1) is 11.3 Å². The first kappa shape index (κ1) is 21.4. The Hall–Kier alpha value is -2.81. The van der Waals surface area contributed by atoms with E-state index < -0.39 is 0 Å². The van der Waals surface area contributed by atoms with Gasteiger partial charge in [0.25, 0.3) is 0 Å². The van der Waals surface area contributed by atoms with Crippen molar-refractivity contribution in [2.75, 3.05) is 18.0 Å². The number of hydrogen-bond donors (Lipinski definition) is 1. The first-order valence-electron chi connectivity index (χ1n) is 10.7. The van der Waals surface area contributed by atoms with Crippen LogP contribution in [0.15, 0.2) is 65.8 Å². The lowest BCUT2D eigenvalue weighted by Crippen LogP contribution is -2.21. The summed E-state index contributed by atoms with van der Waals surface area (Å²) in [5, 5.41) is 20.4. The fraction of sp³-hybridized carbons (Fsp3) is 0.308. The highest BCUT2D eigenvalue weighted by Gasteiger charge is 2.25. The third-order valence-electron chi connectivity index (χ3n) is 5.78. The summed E-state index contributed by atoms with van der Waals surface area (Å²) < 4.78 is 0. The molecule has 4 nitrogen and oxygen atoms in total. The highest BCUT2D eigenvalue weighted by Crippen LogP contribution is 2.36. The normalized spacial score (nSPS) is 16.0. The highest BCUT2D eigenvalue weighted by molar-refractivity contribution is 7.99. The molecule has 0 amide bonds. The predicted molar refractivity (Wildman–Crippen MR) is 127 cm³/mol. The number of aliphatic hydroxyl groups excluding tert-OH is 1. The van der Waals surface area contributed by atoms with Crippen molar-refractivity contribution in [3.8, 4) is 17.2 Å². The number of hydrogen-bond acceptors (Lipinski definition) is 5. The first-order chi connectivity index (χ1) is 15.1. The lowest BCUT2D eigenvalue weighted by Gasteiger charge is -2.23. The van der Waals surface area contributed by atoms with Gasteiger partial charge in [-0.3, -0.25) is 0 Å². The van der Waals surface area contributed by atoms with Gasteiger partial charge in [0.2, 0.25) is 0 Å². The van der Waals surface area contributed by atoms with Crippen LogP contribution in [0.3, 0.4) is 0 Å². The van der Waals surface area contributed by atoms with Gasteiger partial charge in [-0.1, -0.05) is 44.2 Å². The van der Waals surface area contributed by atoms with Gasteiger partial charge in [-0.15, -0.1) is 11.8 Å². The maximum absolute atomic E-state index is 10.1. The van der Waals surface area contributed by atoms with Crippen LogP contribution >= 0.6 is 11.8 Å². The molecule has 0 spiro atoms. The molecule has 1 saturated heterocycles. The lowest BCUT2D eigenvalue weighted by molar-refractivity contribution is 0.282. The van der Waals surface area contributed by atoms with Crippen molar-refractivity contribution in [2.24, 2.45) is 0 Å². The molecule has 4 rings (SSSR count). The van der Waals surface area contributed by atoms with Gasteiger partial charge in [-0.2, -0.15) is 5.26 Å². The Labute approximate surface area is 188 Å². The van der Waals surface area contributed by atoms with Crippen molar-refractivity contribution in [1.29, 1.82) is 5.26 Å². The molecule has 0 saturated carbocycles. The summed E-state index contributed by atoms with van der Waals surface area (Å²) >= 11 is 1.76. The molecule has 1 atom stereocenters. The molecule has 31 heavy (non-hydrogen) atoms. The second-order valence-corrected chi connectivity index (χ2v) is 9.54. The van der Waals surface area contributed by atoms with E-state index in [-0.39, 0.29) is 6.61 Å². The molecule has 5 heteroatoms. The molecule has 1 fully saturated rings. The van der Waals surface area contributed by atoms with Crippen LogP contribution in [0.5, 0.6) is 0 Å². The average Bonchev–Trinajstić information content (AvgIpc) is 3.27. The van der Waals surface area contributed by atoms with Crippen molar-refractivity contribution >= 4 is 17.4 Å². The quantitative estimate of drug-likeness (QED) is 0.552. The molecule has 2 aromatic carbocycles. The van der Waals surface area contributed by atoms with E-state index >= 15 is 0 Å². The van der Waals surface area contributed by atoms with Crippen LogP contribution in [-0.2, 0) is 6.61 Å². The Bertz CT molecular complexity index is 1090. The van der Waals surface area contributed by atoms with Gasteiger partial charge in [-0.25, -0.2) is 4.98 Å². The Balaban J connectivity index is 1.52. The van der Waals surface area contributed by atoms with Crippen LogP contribution in [0.25, 0.3) is 11.1 Å². The zero-order valence-electron chi connectivity index (χ0n) is 18.0. The zero-order valence-corrected chi connectivity index (χ0v) is 18.8. The van der Waals surface area contributed by atoms with Gasteiger partial charge < -0.3 is 10.0 Å². The second kappa shape index (κ2) is 9.55. The predicted octanol–water partition coefficient (Wildman–Crippen LogP) is 5.61. The number of pyridine rings is 1. The number of aromatic nitrogens is 1. The maximum Gasteiger partial charge on any atom is 0.101 e. The molecule has 1 N–H and O–H groups in total. The second-order valence-electron chi connectivity index (χ2n) is 8.22. The molecular formula is C26H27N3OS. The number of anilines is 1. The fourth-order valence-electron chi connectivity index (χ4n) is 4.18. The number of aliphatic hydroxyl groups is 1. The lowest BCUT2D eigenvalue weighted by atomic mass is 9.91. The Morgan fingerprint density at radius 3 is 2.74 bits per heavy atom. The smallest absolute Gasteiger partial charge is 0.101 e. The van der Waals surface area contributed by atoms with Crippen molar-refractivity contribution in [1.82, 2.24) is 4.98 Å². The van der Waals surface area contributed by atoms with E-state index in [0.717, 1.165) is 41.4 Å². The van der Waals surface area contributed by atoms with E-state index in [0.29, 0.717) is 16.7 Å². The molecule has 1 aliphatic heterocycles. The van der Waals surface area contributed by atoms with Crippen molar-refractivity contribution in [3.05, 3.63) is 77.5 Å². The molecule has 0 unspecified atom stereocenters. The van der Waals surface area contributed by atoms with Crippen LogP contribution in [-0.4, -0.2) is 28.4 Å². The standard InChI is InChI=1S/C26H27N3OS/c1-18(2)23-5-3-4-6-24(23)20-8-9-25(21(13-20)17-30)29-12-11-22(16-29)31-26-10-7-19(14-27)15-28-26/h3-10,13,15,18,22,30H,11-12,16-17H2,1-2H3/t22-/m0/s1. The van der Waals surface area contributed by atoms with Crippen LogP contribution in [0.1, 0.15) is 42.9 Å². The minimum atomic E-state index is 0.0263. The minimum absolute atomic E-state index is 0.0263. The van der Waals surface area contributed by atoms with E-state index in [1.165, 1.54) is 11.1 Å². The molecule has 0 aliphatic carbocycles. The first-order valence-corrected chi connectivity index (χ1v) is 11.6. The number of nitriles is 1. The summed E-state index contributed by atoms with van der Waals surface area (Å²) in [4.78, 5) is 6.76. The van der Waals surface area contributed by atoms with Gasteiger partial charge in [0.1, 0.15) is 6.07 Å². The van der Waals surface area contributed by atoms with Crippen LogP contribution in [0.4, 0.5) is 5.69 Å². The minimum Gasteiger partial charge on any atom is -0.392 e. The molecule has 158 valence electrons. The summed E-state index contributed by atoms with van der Waals surface area (Å²) in [5.41, 5.74) is 6.39. The molecule has 0 radical (unpaired) electrons. The summed E-state index contributed by atoms with van der Waals surface area (Å²) in [6, 6.07) is 20.8. The number of benzene rings is 2. The average molecular weight is 430 g/mol. The monoisotopic (exact) mass is 429 g/mol. The van der Waals surface area contributed by atoms with Crippen molar-refractivity contribution < 1.29 is 5.11 Å².